The average Bonchev–Trinajstić information content (AvgIpc) is 2.52. The van der Waals surface area contributed by atoms with Gasteiger partial charge in [-0.2, -0.15) is 0 Å². The van der Waals surface area contributed by atoms with Crippen LogP contribution in [0.15, 0.2) is 36.5 Å². The maximum atomic E-state index is 5.96. The Hall–Kier alpha value is -1.49. The third-order valence-electron chi connectivity index (χ3n) is 4.28. The summed E-state index contributed by atoms with van der Waals surface area (Å²) in [6, 6.07) is 10.3. The van der Waals surface area contributed by atoms with Gasteiger partial charge in [0.2, 0.25) is 0 Å². The first-order valence-corrected chi connectivity index (χ1v) is 7.57. The second kappa shape index (κ2) is 6.98. The summed E-state index contributed by atoms with van der Waals surface area (Å²) in [5.74, 6) is 5.81. The summed E-state index contributed by atoms with van der Waals surface area (Å²) in [4.78, 5) is 4.41. The minimum absolute atomic E-state index is 0.0493. The quantitative estimate of drug-likeness (QED) is 0.607. The minimum Gasteiger partial charge on any atom is -0.374 e. The van der Waals surface area contributed by atoms with Gasteiger partial charge in [-0.3, -0.25) is 16.3 Å². The highest BCUT2D eigenvalue weighted by Gasteiger charge is 2.32. The molecule has 3 N–H and O–H groups in total. The lowest BCUT2D eigenvalue weighted by molar-refractivity contribution is -0.0550. The standard InChI is InChI=1S/C17H25N3O/c1-4-17(3,21-5-2)16(20-18)12-13-10-11-19-15-9-7-6-8-14(13)15/h6-11,16,20H,4-5,12,18H2,1-3H3. The molecular weight excluding hydrogens is 262 g/mol. The van der Waals surface area contributed by atoms with Gasteiger partial charge in [0.1, 0.15) is 0 Å². The number of pyridine rings is 1. The van der Waals surface area contributed by atoms with Gasteiger partial charge in [0.15, 0.2) is 0 Å². The molecule has 1 heterocycles. The third kappa shape index (κ3) is 3.40. The lowest BCUT2D eigenvalue weighted by atomic mass is 9.88. The molecule has 0 spiro atoms. The lowest BCUT2D eigenvalue weighted by Gasteiger charge is -2.36. The highest BCUT2D eigenvalue weighted by Crippen LogP contribution is 2.25. The predicted molar refractivity (Wildman–Crippen MR) is 86.9 cm³/mol. The first-order valence-electron chi connectivity index (χ1n) is 7.57. The maximum absolute atomic E-state index is 5.96. The van der Waals surface area contributed by atoms with E-state index in [1.54, 1.807) is 0 Å². The van der Waals surface area contributed by atoms with E-state index in [1.807, 2.05) is 31.3 Å². The van der Waals surface area contributed by atoms with E-state index in [0.29, 0.717) is 6.61 Å². The van der Waals surface area contributed by atoms with Crippen LogP contribution in [-0.2, 0) is 11.2 Å². The molecule has 21 heavy (non-hydrogen) atoms. The van der Waals surface area contributed by atoms with Gasteiger partial charge >= 0.3 is 0 Å². The molecule has 0 amide bonds. The molecule has 0 radical (unpaired) electrons. The molecule has 0 saturated heterocycles. The summed E-state index contributed by atoms with van der Waals surface area (Å²) in [5.41, 5.74) is 4.92. The Balaban J connectivity index is 2.32. The molecule has 1 aromatic heterocycles. The molecule has 4 nitrogen and oxygen atoms in total. The normalized spacial score (nSPS) is 15.8. The van der Waals surface area contributed by atoms with Crippen molar-refractivity contribution < 1.29 is 4.74 Å². The van der Waals surface area contributed by atoms with E-state index in [1.165, 1.54) is 10.9 Å². The number of nitrogens with zero attached hydrogens (tertiary/aromatic N) is 1. The summed E-state index contributed by atoms with van der Waals surface area (Å²) in [7, 11) is 0. The number of para-hydroxylation sites is 1. The molecule has 2 atom stereocenters. The minimum atomic E-state index is -0.284. The Morgan fingerprint density at radius 2 is 2.05 bits per heavy atom. The van der Waals surface area contributed by atoms with Gasteiger partial charge in [-0.25, -0.2) is 0 Å². The molecule has 0 aliphatic rings. The summed E-state index contributed by atoms with van der Waals surface area (Å²) < 4.78 is 5.96. The molecule has 2 rings (SSSR count). The fraction of sp³-hybridized carbons (Fsp3) is 0.471. The number of hydrogen-bond donors (Lipinski definition) is 2. The van der Waals surface area contributed by atoms with E-state index < -0.39 is 0 Å². The Kier molecular flexibility index (Phi) is 5.28. The molecular formula is C17H25N3O. The molecule has 0 aliphatic heterocycles. The number of rotatable bonds is 7. The maximum Gasteiger partial charge on any atom is 0.0820 e. The number of fused-ring (bicyclic) bond motifs is 1. The topological polar surface area (TPSA) is 60.2 Å². The Morgan fingerprint density at radius 3 is 2.71 bits per heavy atom. The number of benzene rings is 1. The van der Waals surface area contributed by atoms with E-state index in [2.05, 4.69) is 36.4 Å². The number of hydrazine groups is 1. The van der Waals surface area contributed by atoms with Crippen molar-refractivity contribution in [2.45, 2.75) is 45.3 Å². The fourth-order valence-corrected chi connectivity index (χ4v) is 2.78. The highest BCUT2D eigenvalue weighted by molar-refractivity contribution is 5.81. The lowest BCUT2D eigenvalue weighted by Crippen LogP contribution is -2.54. The summed E-state index contributed by atoms with van der Waals surface area (Å²) in [6.45, 7) is 6.94. The molecule has 2 unspecified atom stereocenters. The number of aromatic nitrogens is 1. The van der Waals surface area contributed by atoms with Crippen LogP contribution in [0.1, 0.15) is 32.8 Å². The van der Waals surface area contributed by atoms with Crippen LogP contribution in [0.2, 0.25) is 0 Å². The fourth-order valence-electron chi connectivity index (χ4n) is 2.78. The molecule has 1 aromatic carbocycles. The van der Waals surface area contributed by atoms with Crippen LogP contribution in [0, 0.1) is 0 Å². The molecule has 2 aromatic rings. The van der Waals surface area contributed by atoms with Gasteiger partial charge in [-0.15, -0.1) is 0 Å². The van der Waals surface area contributed by atoms with E-state index in [0.717, 1.165) is 18.4 Å². The van der Waals surface area contributed by atoms with Crippen LogP contribution in [0.3, 0.4) is 0 Å². The second-order valence-corrected chi connectivity index (χ2v) is 5.51. The summed E-state index contributed by atoms with van der Waals surface area (Å²) in [6.07, 6.45) is 3.57. The largest absolute Gasteiger partial charge is 0.374 e. The Morgan fingerprint density at radius 1 is 1.29 bits per heavy atom. The van der Waals surface area contributed by atoms with Gasteiger partial charge in [-0.05, 0) is 44.4 Å². The number of nitrogens with two attached hydrogens (primary N) is 1. The van der Waals surface area contributed by atoms with E-state index >= 15 is 0 Å². The molecule has 0 aliphatic carbocycles. The monoisotopic (exact) mass is 287 g/mol. The zero-order valence-electron chi connectivity index (χ0n) is 13.1. The smallest absolute Gasteiger partial charge is 0.0820 e. The Bertz CT molecular complexity index is 582. The number of nitrogens with one attached hydrogen (secondary N) is 1. The van der Waals surface area contributed by atoms with Gasteiger partial charge in [-0.1, -0.05) is 25.1 Å². The van der Waals surface area contributed by atoms with Crippen LogP contribution >= 0.6 is 0 Å². The van der Waals surface area contributed by atoms with E-state index in [9.17, 15) is 0 Å². The van der Waals surface area contributed by atoms with Crippen molar-refractivity contribution in [3.63, 3.8) is 0 Å². The Labute approximate surface area is 126 Å². The van der Waals surface area contributed by atoms with Crippen molar-refractivity contribution in [1.29, 1.82) is 0 Å². The van der Waals surface area contributed by atoms with Crippen molar-refractivity contribution in [1.82, 2.24) is 10.4 Å². The van der Waals surface area contributed by atoms with Crippen LogP contribution in [0.5, 0.6) is 0 Å². The SMILES string of the molecule is CCOC(C)(CC)C(Cc1ccnc2ccccc12)NN. The van der Waals surface area contributed by atoms with Crippen molar-refractivity contribution in [3.05, 3.63) is 42.1 Å². The van der Waals surface area contributed by atoms with Crippen molar-refractivity contribution >= 4 is 10.9 Å². The van der Waals surface area contributed by atoms with Crippen LogP contribution in [-0.4, -0.2) is 23.2 Å². The molecule has 0 fully saturated rings. The molecule has 114 valence electrons. The summed E-state index contributed by atoms with van der Waals surface area (Å²) in [5, 5.41) is 1.18. The number of ether oxygens (including phenoxy) is 1. The second-order valence-electron chi connectivity index (χ2n) is 5.51. The van der Waals surface area contributed by atoms with Crippen LogP contribution in [0.4, 0.5) is 0 Å². The van der Waals surface area contributed by atoms with Crippen LogP contribution in [0.25, 0.3) is 10.9 Å². The van der Waals surface area contributed by atoms with E-state index in [4.69, 9.17) is 10.6 Å². The van der Waals surface area contributed by atoms with E-state index in [-0.39, 0.29) is 11.6 Å². The van der Waals surface area contributed by atoms with Gasteiger partial charge < -0.3 is 4.74 Å². The van der Waals surface area contributed by atoms with Gasteiger partial charge in [0, 0.05) is 18.2 Å². The predicted octanol–water partition coefficient (Wildman–Crippen LogP) is 2.81. The zero-order chi connectivity index (χ0) is 15.3. The first kappa shape index (κ1) is 15.9. The highest BCUT2D eigenvalue weighted by atomic mass is 16.5. The van der Waals surface area contributed by atoms with Gasteiger partial charge in [0.05, 0.1) is 17.2 Å². The molecule has 0 saturated carbocycles. The third-order valence-corrected chi connectivity index (χ3v) is 4.28. The number of hydrogen-bond acceptors (Lipinski definition) is 4. The first-order chi connectivity index (χ1) is 10.1. The van der Waals surface area contributed by atoms with Crippen molar-refractivity contribution in [2.75, 3.05) is 6.61 Å². The molecule has 4 heteroatoms. The molecule has 0 bridgehead atoms. The van der Waals surface area contributed by atoms with Crippen LogP contribution < -0.4 is 11.3 Å². The summed E-state index contributed by atoms with van der Waals surface area (Å²) >= 11 is 0. The van der Waals surface area contributed by atoms with Crippen molar-refractivity contribution in [2.24, 2.45) is 5.84 Å². The van der Waals surface area contributed by atoms with Crippen molar-refractivity contribution in [3.8, 4) is 0 Å². The zero-order valence-corrected chi connectivity index (χ0v) is 13.1. The average molecular weight is 287 g/mol. The van der Waals surface area contributed by atoms with Gasteiger partial charge in [0.25, 0.3) is 0 Å².